The molecule has 1 N–H and O–H groups in total. The second-order valence-corrected chi connectivity index (χ2v) is 5.66. The molecule has 1 heterocycles. The van der Waals surface area contributed by atoms with Crippen molar-refractivity contribution < 1.29 is 9.15 Å². The van der Waals surface area contributed by atoms with Gasteiger partial charge in [0.05, 0.1) is 12.3 Å². The highest BCUT2D eigenvalue weighted by Crippen LogP contribution is 2.22. The van der Waals surface area contributed by atoms with E-state index in [0.29, 0.717) is 12.5 Å². The van der Waals surface area contributed by atoms with Crippen molar-refractivity contribution in [3.05, 3.63) is 71.6 Å². The Bertz CT molecular complexity index is 764. The lowest BCUT2D eigenvalue weighted by Crippen LogP contribution is -2.05. The smallest absolute Gasteiger partial charge is 0.226 e. The SMILES string of the molecule is CNCc1ccc(OCCc2nc(-c3ccccc3)oc2C)cc1. The quantitative estimate of drug-likeness (QED) is 0.714. The Balaban J connectivity index is 1.58. The van der Waals surface area contributed by atoms with E-state index in [9.17, 15) is 0 Å². The number of aromatic nitrogens is 1. The van der Waals surface area contributed by atoms with Gasteiger partial charge in [-0.3, -0.25) is 0 Å². The molecule has 0 aliphatic rings. The third-order valence-corrected chi connectivity index (χ3v) is 3.83. The summed E-state index contributed by atoms with van der Waals surface area (Å²) < 4.78 is 11.6. The monoisotopic (exact) mass is 322 g/mol. The van der Waals surface area contributed by atoms with E-state index in [0.717, 1.165) is 35.7 Å². The zero-order valence-corrected chi connectivity index (χ0v) is 14.1. The van der Waals surface area contributed by atoms with Crippen LogP contribution < -0.4 is 10.1 Å². The van der Waals surface area contributed by atoms with Gasteiger partial charge in [0.2, 0.25) is 5.89 Å². The maximum absolute atomic E-state index is 5.81. The van der Waals surface area contributed by atoms with Gasteiger partial charge >= 0.3 is 0 Å². The third-order valence-electron chi connectivity index (χ3n) is 3.83. The molecule has 1 aromatic heterocycles. The number of oxazole rings is 1. The van der Waals surface area contributed by atoms with Gasteiger partial charge in [-0.1, -0.05) is 30.3 Å². The third kappa shape index (κ3) is 4.03. The Morgan fingerprint density at radius 1 is 1.04 bits per heavy atom. The molecule has 0 saturated carbocycles. The van der Waals surface area contributed by atoms with Gasteiger partial charge in [-0.2, -0.15) is 0 Å². The Kier molecular flexibility index (Phi) is 5.29. The molecular formula is C20H22N2O2. The lowest BCUT2D eigenvalue weighted by Gasteiger charge is -2.06. The van der Waals surface area contributed by atoms with Crippen LogP contribution in [0.1, 0.15) is 17.0 Å². The topological polar surface area (TPSA) is 47.3 Å². The minimum atomic E-state index is 0.576. The summed E-state index contributed by atoms with van der Waals surface area (Å²) in [6.45, 7) is 3.38. The standard InChI is InChI=1S/C20H22N2O2/c1-15-19(22-20(24-15)17-6-4-3-5-7-17)12-13-23-18-10-8-16(9-11-18)14-21-2/h3-11,21H,12-14H2,1-2H3. The Morgan fingerprint density at radius 3 is 2.50 bits per heavy atom. The summed E-state index contributed by atoms with van der Waals surface area (Å²) in [6, 6.07) is 18.1. The van der Waals surface area contributed by atoms with Gasteiger partial charge in [0.1, 0.15) is 11.5 Å². The van der Waals surface area contributed by atoms with Gasteiger partial charge in [0.15, 0.2) is 0 Å². The van der Waals surface area contributed by atoms with Gasteiger partial charge in [0, 0.05) is 18.5 Å². The molecule has 4 heteroatoms. The molecule has 0 aliphatic heterocycles. The molecule has 124 valence electrons. The molecule has 0 bridgehead atoms. The average Bonchev–Trinajstić information content (AvgIpc) is 2.99. The molecule has 2 aromatic carbocycles. The van der Waals surface area contributed by atoms with Crippen molar-refractivity contribution in [2.75, 3.05) is 13.7 Å². The molecule has 0 radical (unpaired) electrons. The van der Waals surface area contributed by atoms with E-state index in [4.69, 9.17) is 9.15 Å². The van der Waals surface area contributed by atoms with Gasteiger partial charge in [0.25, 0.3) is 0 Å². The Morgan fingerprint density at radius 2 is 1.79 bits per heavy atom. The molecule has 0 atom stereocenters. The van der Waals surface area contributed by atoms with Crippen LogP contribution in [-0.4, -0.2) is 18.6 Å². The molecule has 3 aromatic rings. The molecule has 3 rings (SSSR count). The van der Waals surface area contributed by atoms with Crippen LogP contribution in [0.15, 0.2) is 59.0 Å². The molecular weight excluding hydrogens is 300 g/mol. The summed E-state index contributed by atoms with van der Waals surface area (Å²) in [5, 5.41) is 3.13. The first-order valence-electron chi connectivity index (χ1n) is 8.14. The average molecular weight is 322 g/mol. The van der Waals surface area contributed by atoms with E-state index < -0.39 is 0 Å². The number of nitrogens with one attached hydrogen (secondary N) is 1. The number of ether oxygens (including phenoxy) is 1. The molecule has 4 nitrogen and oxygen atoms in total. The fraction of sp³-hybridized carbons (Fsp3) is 0.250. The van der Waals surface area contributed by atoms with E-state index >= 15 is 0 Å². The summed E-state index contributed by atoms with van der Waals surface area (Å²) in [7, 11) is 1.94. The van der Waals surface area contributed by atoms with Gasteiger partial charge in [-0.05, 0) is 43.8 Å². The van der Waals surface area contributed by atoms with E-state index in [2.05, 4.69) is 22.4 Å². The van der Waals surface area contributed by atoms with Crippen LogP contribution >= 0.6 is 0 Å². The first-order valence-corrected chi connectivity index (χ1v) is 8.14. The van der Waals surface area contributed by atoms with E-state index in [-0.39, 0.29) is 0 Å². The van der Waals surface area contributed by atoms with Crippen molar-refractivity contribution in [1.82, 2.24) is 10.3 Å². The zero-order valence-electron chi connectivity index (χ0n) is 14.1. The number of hydrogen-bond acceptors (Lipinski definition) is 4. The second-order valence-electron chi connectivity index (χ2n) is 5.66. The number of nitrogens with zero attached hydrogens (tertiary/aromatic N) is 1. The molecule has 0 fully saturated rings. The molecule has 0 amide bonds. The number of hydrogen-bond donors (Lipinski definition) is 1. The van der Waals surface area contributed by atoms with Crippen molar-refractivity contribution in [2.24, 2.45) is 0 Å². The molecule has 24 heavy (non-hydrogen) atoms. The van der Waals surface area contributed by atoms with E-state index in [1.165, 1.54) is 5.56 Å². The van der Waals surface area contributed by atoms with Crippen LogP contribution in [0.3, 0.4) is 0 Å². The fourth-order valence-electron chi connectivity index (χ4n) is 2.54. The van der Waals surface area contributed by atoms with Crippen LogP contribution in [0, 0.1) is 6.92 Å². The Labute approximate surface area is 142 Å². The minimum Gasteiger partial charge on any atom is -0.493 e. The lowest BCUT2D eigenvalue weighted by atomic mass is 10.2. The van der Waals surface area contributed by atoms with Crippen LogP contribution in [-0.2, 0) is 13.0 Å². The molecule has 0 spiro atoms. The van der Waals surface area contributed by atoms with Crippen molar-refractivity contribution >= 4 is 0 Å². The van der Waals surface area contributed by atoms with Crippen LogP contribution in [0.4, 0.5) is 0 Å². The van der Waals surface area contributed by atoms with E-state index in [1.807, 2.05) is 56.4 Å². The predicted octanol–water partition coefficient (Wildman–Crippen LogP) is 3.99. The summed E-state index contributed by atoms with van der Waals surface area (Å²) in [6.07, 6.45) is 0.723. The normalized spacial score (nSPS) is 10.8. The predicted molar refractivity (Wildman–Crippen MR) is 95.1 cm³/mol. The maximum atomic E-state index is 5.81. The molecule has 0 aliphatic carbocycles. The first kappa shape index (κ1) is 16.3. The molecule has 0 unspecified atom stereocenters. The van der Waals surface area contributed by atoms with Gasteiger partial charge < -0.3 is 14.5 Å². The summed E-state index contributed by atoms with van der Waals surface area (Å²) in [4.78, 5) is 4.59. The highest BCUT2D eigenvalue weighted by Gasteiger charge is 2.11. The van der Waals surface area contributed by atoms with Crippen molar-refractivity contribution in [3.63, 3.8) is 0 Å². The number of aryl methyl sites for hydroxylation is 1. The fourth-order valence-corrected chi connectivity index (χ4v) is 2.54. The number of benzene rings is 2. The minimum absolute atomic E-state index is 0.576. The van der Waals surface area contributed by atoms with E-state index in [1.54, 1.807) is 0 Å². The molecule has 0 saturated heterocycles. The zero-order chi connectivity index (χ0) is 16.8. The van der Waals surface area contributed by atoms with Crippen LogP contribution in [0.2, 0.25) is 0 Å². The first-order chi connectivity index (χ1) is 11.8. The van der Waals surface area contributed by atoms with Gasteiger partial charge in [-0.15, -0.1) is 0 Å². The second kappa shape index (κ2) is 7.79. The van der Waals surface area contributed by atoms with Gasteiger partial charge in [-0.25, -0.2) is 4.98 Å². The summed E-state index contributed by atoms with van der Waals surface area (Å²) in [5.74, 6) is 2.39. The Hall–Kier alpha value is -2.59. The lowest BCUT2D eigenvalue weighted by molar-refractivity contribution is 0.320. The van der Waals surface area contributed by atoms with Crippen molar-refractivity contribution in [3.8, 4) is 17.2 Å². The van der Waals surface area contributed by atoms with Crippen molar-refractivity contribution in [1.29, 1.82) is 0 Å². The largest absolute Gasteiger partial charge is 0.493 e. The highest BCUT2D eigenvalue weighted by atomic mass is 16.5. The summed E-state index contributed by atoms with van der Waals surface area (Å²) >= 11 is 0. The maximum Gasteiger partial charge on any atom is 0.226 e. The highest BCUT2D eigenvalue weighted by molar-refractivity contribution is 5.53. The van der Waals surface area contributed by atoms with Crippen LogP contribution in [0.5, 0.6) is 5.75 Å². The summed E-state index contributed by atoms with van der Waals surface area (Å²) in [5.41, 5.74) is 3.18. The number of rotatable bonds is 7. The van der Waals surface area contributed by atoms with Crippen molar-refractivity contribution in [2.45, 2.75) is 19.9 Å². The van der Waals surface area contributed by atoms with Crippen LogP contribution in [0.25, 0.3) is 11.5 Å².